The van der Waals surface area contributed by atoms with Gasteiger partial charge in [-0.05, 0) is 24.2 Å². The smallest absolute Gasteiger partial charge is 0.306 e. The normalized spacial score (nSPS) is 15.1. The van der Waals surface area contributed by atoms with Crippen LogP contribution in [0.15, 0.2) is 0 Å². The van der Waals surface area contributed by atoms with Crippen molar-refractivity contribution in [2.24, 2.45) is 23.7 Å². The fourth-order valence-electron chi connectivity index (χ4n) is 1.80. The Labute approximate surface area is 96.7 Å². The van der Waals surface area contributed by atoms with E-state index in [1.807, 2.05) is 27.7 Å². The minimum atomic E-state index is -0.855. The standard InChI is InChI=1S/C12H22O4/c1-7(2)9(6-11(13)14)5-10(8(3)4)12(15)16/h7-10H,5-6H2,1-4H3,(H,13,14)(H,15,16). The maximum atomic E-state index is 11.0. The molecule has 2 N–H and O–H groups in total. The van der Waals surface area contributed by atoms with E-state index in [1.54, 1.807) is 0 Å². The van der Waals surface area contributed by atoms with Gasteiger partial charge in [0.15, 0.2) is 0 Å². The van der Waals surface area contributed by atoms with Gasteiger partial charge in [0.1, 0.15) is 0 Å². The summed E-state index contributed by atoms with van der Waals surface area (Å²) in [5.74, 6) is -1.98. The molecule has 0 heterocycles. The van der Waals surface area contributed by atoms with Gasteiger partial charge in [0.2, 0.25) is 0 Å². The zero-order valence-corrected chi connectivity index (χ0v) is 10.4. The van der Waals surface area contributed by atoms with E-state index in [9.17, 15) is 9.59 Å². The largest absolute Gasteiger partial charge is 0.481 e. The highest BCUT2D eigenvalue weighted by atomic mass is 16.4. The molecule has 0 amide bonds. The monoisotopic (exact) mass is 230 g/mol. The van der Waals surface area contributed by atoms with E-state index in [-0.39, 0.29) is 24.2 Å². The molecule has 0 saturated heterocycles. The number of rotatable bonds is 7. The highest BCUT2D eigenvalue weighted by Gasteiger charge is 2.28. The van der Waals surface area contributed by atoms with E-state index in [1.165, 1.54) is 0 Å². The fraction of sp³-hybridized carbons (Fsp3) is 0.833. The summed E-state index contributed by atoms with van der Waals surface area (Å²) in [4.78, 5) is 21.7. The first kappa shape index (κ1) is 14.9. The van der Waals surface area contributed by atoms with Crippen LogP contribution in [-0.4, -0.2) is 22.2 Å². The van der Waals surface area contributed by atoms with Crippen molar-refractivity contribution in [1.29, 1.82) is 0 Å². The minimum Gasteiger partial charge on any atom is -0.481 e. The van der Waals surface area contributed by atoms with Gasteiger partial charge in [-0.15, -0.1) is 0 Å². The number of hydrogen-bond donors (Lipinski definition) is 2. The Morgan fingerprint density at radius 2 is 1.50 bits per heavy atom. The van der Waals surface area contributed by atoms with Crippen LogP contribution in [0.4, 0.5) is 0 Å². The van der Waals surface area contributed by atoms with Gasteiger partial charge in [-0.1, -0.05) is 27.7 Å². The molecule has 0 bridgehead atoms. The lowest BCUT2D eigenvalue weighted by atomic mass is 9.80. The second-order valence-electron chi connectivity index (χ2n) is 5.03. The van der Waals surface area contributed by atoms with Crippen LogP contribution in [0.5, 0.6) is 0 Å². The molecule has 0 aliphatic heterocycles. The molecule has 0 rings (SSSR count). The Kier molecular flexibility index (Phi) is 6.08. The average molecular weight is 230 g/mol. The molecule has 0 aliphatic rings. The summed E-state index contributed by atoms with van der Waals surface area (Å²) in [7, 11) is 0. The first-order valence-electron chi connectivity index (χ1n) is 5.70. The first-order valence-corrected chi connectivity index (χ1v) is 5.70. The van der Waals surface area contributed by atoms with E-state index in [2.05, 4.69) is 0 Å². The van der Waals surface area contributed by atoms with E-state index < -0.39 is 17.9 Å². The molecule has 0 spiro atoms. The fourth-order valence-corrected chi connectivity index (χ4v) is 1.80. The Morgan fingerprint density at radius 3 is 1.75 bits per heavy atom. The second-order valence-corrected chi connectivity index (χ2v) is 5.03. The van der Waals surface area contributed by atoms with Gasteiger partial charge < -0.3 is 10.2 Å². The number of hydrogen-bond acceptors (Lipinski definition) is 2. The van der Waals surface area contributed by atoms with Gasteiger partial charge in [0.05, 0.1) is 5.92 Å². The van der Waals surface area contributed by atoms with Crippen LogP contribution in [-0.2, 0) is 9.59 Å². The van der Waals surface area contributed by atoms with Crippen molar-refractivity contribution in [3.63, 3.8) is 0 Å². The predicted molar refractivity (Wildman–Crippen MR) is 61.2 cm³/mol. The van der Waals surface area contributed by atoms with Crippen LogP contribution in [0, 0.1) is 23.7 Å². The lowest BCUT2D eigenvalue weighted by Crippen LogP contribution is -2.26. The topological polar surface area (TPSA) is 74.6 Å². The van der Waals surface area contributed by atoms with Crippen LogP contribution < -0.4 is 0 Å². The van der Waals surface area contributed by atoms with Crippen molar-refractivity contribution < 1.29 is 19.8 Å². The lowest BCUT2D eigenvalue weighted by Gasteiger charge is -2.24. The third-order valence-electron chi connectivity index (χ3n) is 3.06. The zero-order chi connectivity index (χ0) is 12.9. The van der Waals surface area contributed by atoms with Crippen LogP contribution in [0.2, 0.25) is 0 Å². The van der Waals surface area contributed by atoms with Crippen molar-refractivity contribution in [3.8, 4) is 0 Å². The molecular weight excluding hydrogens is 208 g/mol. The third-order valence-corrected chi connectivity index (χ3v) is 3.06. The molecule has 4 heteroatoms. The van der Waals surface area contributed by atoms with Gasteiger partial charge in [-0.2, -0.15) is 0 Å². The van der Waals surface area contributed by atoms with Gasteiger partial charge in [0, 0.05) is 6.42 Å². The summed E-state index contributed by atoms with van der Waals surface area (Å²) in [6, 6.07) is 0. The molecule has 0 fully saturated rings. The van der Waals surface area contributed by atoms with E-state index >= 15 is 0 Å². The molecule has 0 aromatic carbocycles. The Balaban J connectivity index is 4.57. The van der Waals surface area contributed by atoms with Crippen molar-refractivity contribution in [1.82, 2.24) is 0 Å². The summed E-state index contributed by atoms with van der Waals surface area (Å²) < 4.78 is 0. The quantitative estimate of drug-likeness (QED) is 0.704. The summed E-state index contributed by atoms with van der Waals surface area (Å²) in [5, 5.41) is 17.8. The van der Waals surface area contributed by atoms with Crippen molar-refractivity contribution >= 4 is 11.9 Å². The Bertz CT molecular complexity index is 245. The summed E-state index contributed by atoms with van der Waals surface area (Å²) >= 11 is 0. The lowest BCUT2D eigenvalue weighted by molar-refractivity contribution is -0.145. The minimum absolute atomic E-state index is 0.0348. The molecule has 2 unspecified atom stereocenters. The van der Waals surface area contributed by atoms with Crippen molar-refractivity contribution in [2.75, 3.05) is 0 Å². The van der Waals surface area contributed by atoms with Crippen molar-refractivity contribution in [3.05, 3.63) is 0 Å². The van der Waals surface area contributed by atoms with E-state index in [0.717, 1.165) is 0 Å². The summed E-state index contributed by atoms with van der Waals surface area (Å²) in [6.45, 7) is 7.59. The molecule has 0 aliphatic carbocycles. The Morgan fingerprint density at radius 1 is 1.00 bits per heavy atom. The van der Waals surface area contributed by atoms with Crippen LogP contribution in [0.25, 0.3) is 0 Å². The molecule has 94 valence electrons. The highest BCUT2D eigenvalue weighted by Crippen LogP contribution is 2.28. The van der Waals surface area contributed by atoms with Crippen LogP contribution >= 0.6 is 0 Å². The predicted octanol–water partition coefficient (Wildman–Crippen LogP) is 2.48. The maximum Gasteiger partial charge on any atom is 0.306 e. The van der Waals surface area contributed by atoms with E-state index in [0.29, 0.717) is 6.42 Å². The van der Waals surface area contributed by atoms with Crippen LogP contribution in [0.3, 0.4) is 0 Å². The first-order chi connectivity index (χ1) is 7.25. The molecule has 16 heavy (non-hydrogen) atoms. The average Bonchev–Trinajstić information content (AvgIpc) is 2.09. The zero-order valence-electron chi connectivity index (χ0n) is 10.4. The molecule has 4 nitrogen and oxygen atoms in total. The maximum absolute atomic E-state index is 11.0. The summed E-state index contributed by atoms with van der Waals surface area (Å²) in [6.07, 6.45) is 0.491. The van der Waals surface area contributed by atoms with E-state index in [4.69, 9.17) is 10.2 Å². The summed E-state index contributed by atoms with van der Waals surface area (Å²) in [5.41, 5.74) is 0. The van der Waals surface area contributed by atoms with Crippen molar-refractivity contribution in [2.45, 2.75) is 40.5 Å². The van der Waals surface area contributed by atoms with Gasteiger partial charge in [-0.3, -0.25) is 9.59 Å². The molecule has 0 radical (unpaired) electrons. The SMILES string of the molecule is CC(C)C(CC(=O)O)CC(C(=O)O)C(C)C. The molecule has 0 saturated carbocycles. The number of aliphatic carboxylic acids is 2. The molecule has 0 aromatic heterocycles. The van der Waals surface area contributed by atoms with Gasteiger partial charge in [-0.25, -0.2) is 0 Å². The molecule has 0 aromatic rings. The molecular formula is C12H22O4. The third kappa shape index (κ3) is 5.14. The van der Waals surface area contributed by atoms with Gasteiger partial charge >= 0.3 is 11.9 Å². The van der Waals surface area contributed by atoms with Gasteiger partial charge in [0.25, 0.3) is 0 Å². The Hall–Kier alpha value is -1.06. The number of carboxylic acids is 2. The second kappa shape index (κ2) is 6.51. The number of carbonyl (C=O) groups is 2. The number of carboxylic acid groups (broad SMARTS) is 2. The van der Waals surface area contributed by atoms with Crippen LogP contribution in [0.1, 0.15) is 40.5 Å². The molecule has 2 atom stereocenters. The highest BCUT2D eigenvalue weighted by molar-refractivity contribution is 5.70.